The first-order chi connectivity index (χ1) is 17.1. The van der Waals surface area contributed by atoms with Crippen molar-refractivity contribution in [1.29, 1.82) is 0 Å². The van der Waals surface area contributed by atoms with Gasteiger partial charge in [0, 0.05) is 35.4 Å². The molecule has 1 N–H and O–H groups in total. The predicted molar refractivity (Wildman–Crippen MR) is 139 cm³/mol. The summed E-state index contributed by atoms with van der Waals surface area (Å²) in [7, 11) is 1.68. The fraction of sp³-hybridized carbons (Fsp3) is 0.345. The molecule has 0 aliphatic carbocycles. The molecule has 1 aromatic heterocycles. The quantitative estimate of drug-likeness (QED) is 0.487. The molecule has 1 fully saturated rings. The van der Waals surface area contributed by atoms with Crippen molar-refractivity contribution >= 4 is 17.2 Å². The number of halogens is 1. The van der Waals surface area contributed by atoms with Crippen LogP contribution in [0.25, 0.3) is 5.57 Å². The Kier molecular flexibility index (Phi) is 7.09. The third kappa shape index (κ3) is 5.22. The Labute approximate surface area is 212 Å². The monoisotopic (exact) mass is 490 g/mol. The third-order valence-corrected chi connectivity index (χ3v) is 7.36. The lowest BCUT2D eigenvalue weighted by Crippen LogP contribution is -2.29. The van der Waals surface area contributed by atoms with Crippen LogP contribution in [-0.2, 0) is 12.2 Å². The largest absolute Gasteiger partial charge is 0.497 e. The Morgan fingerprint density at radius 3 is 2.80 bits per heavy atom. The van der Waals surface area contributed by atoms with E-state index in [1.54, 1.807) is 7.11 Å². The molecular formula is C29H31ClN2O3. The zero-order chi connectivity index (χ0) is 24.3. The van der Waals surface area contributed by atoms with E-state index in [0.717, 1.165) is 78.4 Å². The molecule has 0 saturated carbocycles. The number of nitrogens with zero attached hydrogens (tertiary/aromatic N) is 2. The molecule has 1 saturated heterocycles. The Bertz CT molecular complexity index is 1210. The van der Waals surface area contributed by atoms with Crippen molar-refractivity contribution in [3.63, 3.8) is 0 Å². The van der Waals surface area contributed by atoms with Crippen LogP contribution in [0.2, 0.25) is 5.02 Å². The molecule has 0 spiro atoms. The van der Waals surface area contributed by atoms with Gasteiger partial charge in [0.2, 0.25) is 0 Å². The SMILES string of the molecule is COc1ccc2c(c1)/C(=C/CCN1CCCC(O)(c3ccc(Cl)cc3)CC1)c1cccnc1CO2. The summed E-state index contributed by atoms with van der Waals surface area (Å²) in [5, 5.41) is 12.0. The first-order valence-corrected chi connectivity index (χ1v) is 12.6. The second-order valence-corrected chi connectivity index (χ2v) is 9.73. The van der Waals surface area contributed by atoms with Crippen LogP contribution in [-0.4, -0.2) is 41.7 Å². The first-order valence-electron chi connectivity index (χ1n) is 12.2. The Balaban J connectivity index is 1.33. The lowest BCUT2D eigenvalue weighted by atomic mass is 9.87. The summed E-state index contributed by atoms with van der Waals surface area (Å²) in [6.07, 6.45) is 7.43. The average molecular weight is 491 g/mol. The van der Waals surface area contributed by atoms with Crippen LogP contribution in [0.5, 0.6) is 11.5 Å². The highest BCUT2D eigenvalue weighted by Gasteiger charge is 2.31. The highest BCUT2D eigenvalue weighted by molar-refractivity contribution is 6.30. The Morgan fingerprint density at radius 1 is 1.11 bits per heavy atom. The van der Waals surface area contributed by atoms with Gasteiger partial charge in [0.1, 0.15) is 18.1 Å². The number of fused-ring (bicyclic) bond motifs is 2. The first kappa shape index (κ1) is 23.9. The lowest BCUT2D eigenvalue weighted by molar-refractivity contribution is 0.0213. The fourth-order valence-corrected chi connectivity index (χ4v) is 5.25. The molecule has 5 rings (SSSR count). The minimum atomic E-state index is -0.795. The molecule has 182 valence electrons. The zero-order valence-corrected chi connectivity index (χ0v) is 20.8. The molecule has 3 heterocycles. The number of rotatable bonds is 5. The molecule has 1 unspecified atom stereocenters. The number of hydrogen-bond donors (Lipinski definition) is 1. The van der Waals surface area contributed by atoms with Gasteiger partial charge in [-0.3, -0.25) is 4.98 Å². The summed E-state index contributed by atoms with van der Waals surface area (Å²) in [6, 6.07) is 17.7. The molecule has 6 heteroatoms. The normalized spacial score (nSPS) is 21.4. The molecule has 2 aromatic carbocycles. The van der Waals surface area contributed by atoms with Crippen molar-refractivity contribution in [2.75, 3.05) is 26.7 Å². The number of aromatic nitrogens is 1. The predicted octanol–water partition coefficient (Wildman–Crippen LogP) is 5.83. The molecule has 2 aliphatic rings. The van der Waals surface area contributed by atoms with Gasteiger partial charge in [-0.05, 0) is 79.8 Å². The molecule has 0 amide bonds. The maximum Gasteiger partial charge on any atom is 0.131 e. The van der Waals surface area contributed by atoms with Crippen molar-refractivity contribution < 1.29 is 14.6 Å². The van der Waals surface area contributed by atoms with Crippen LogP contribution < -0.4 is 9.47 Å². The highest BCUT2D eigenvalue weighted by Crippen LogP contribution is 2.38. The molecule has 35 heavy (non-hydrogen) atoms. The van der Waals surface area contributed by atoms with Gasteiger partial charge < -0.3 is 19.5 Å². The van der Waals surface area contributed by atoms with E-state index in [-0.39, 0.29) is 0 Å². The fourth-order valence-electron chi connectivity index (χ4n) is 5.12. The van der Waals surface area contributed by atoms with Crippen molar-refractivity contribution in [1.82, 2.24) is 9.88 Å². The maximum atomic E-state index is 11.3. The number of hydrogen-bond acceptors (Lipinski definition) is 5. The van der Waals surface area contributed by atoms with E-state index in [2.05, 4.69) is 22.0 Å². The Morgan fingerprint density at radius 2 is 1.97 bits per heavy atom. The number of benzene rings is 2. The lowest BCUT2D eigenvalue weighted by Gasteiger charge is -2.27. The van der Waals surface area contributed by atoms with E-state index >= 15 is 0 Å². The van der Waals surface area contributed by atoms with Gasteiger partial charge in [0.05, 0.1) is 18.4 Å². The molecule has 0 bridgehead atoms. The summed E-state index contributed by atoms with van der Waals surface area (Å²) in [4.78, 5) is 7.03. The molecule has 2 aliphatic heterocycles. The van der Waals surface area contributed by atoms with Crippen molar-refractivity contribution in [2.24, 2.45) is 0 Å². The number of likely N-dealkylation sites (tertiary alicyclic amines) is 1. The van der Waals surface area contributed by atoms with Gasteiger partial charge >= 0.3 is 0 Å². The number of aliphatic hydroxyl groups is 1. The minimum absolute atomic E-state index is 0.447. The summed E-state index contributed by atoms with van der Waals surface area (Å²) in [6.45, 7) is 3.21. The van der Waals surface area contributed by atoms with Gasteiger partial charge in [0.15, 0.2) is 0 Å². The van der Waals surface area contributed by atoms with Crippen LogP contribution >= 0.6 is 11.6 Å². The van der Waals surface area contributed by atoms with E-state index < -0.39 is 5.60 Å². The molecular weight excluding hydrogens is 460 g/mol. The third-order valence-electron chi connectivity index (χ3n) is 7.10. The van der Waals surface area contributed by atoms with E-state index in [9.17, 15) is 5.11 Å². The molecule has 1 atom stereocenters. The van der Waals surface area contributed by atoms with Gasteiger partial charge in [0.25, 0.3) is 0 Å². The van der Waals surface area contributed by atoms with Crippen LogP contribution in [0.3, 0.4) is 0 Å². The molecule has 5 nitrogen and oxygen atoms in total. The van der Waals surface area contributed by atoms with Crippen molar-refractivity contribution in [2.45, 2.75) is 37.9 Å². The number of ether oxygens (including phenoxy) is 2. The summed E-state index contributed by atoms with van der Waals surface area (Å²) in [5.74, 6) is 1.65. The van der Waals surface area contributed by atoms with Gasteiger partial charge in [-0.2, -0.15) is 0 Å². The van der Waals surface area contributed by atoms with Crippen LogP contribution in [0, 0.1) is 0 Å². The topological polar surface area (TPSA) is 54.8 Å². The average Bonchev–Trinajstić information content (AvgIpc) is 3.17. The van der Waals surface area contributed by atoms with E-state index in [4.69, 9.17) is 21.1 Å². The maximum absolute atomic E-state index is 11.3. The van der Waals surface area contributed by atoms with Crippen molar-refractivity contribution in [3.8, 4) is 11.5 Å². The van der Waals surface area contributed by atoms with Gasteiger partial charge in [-0.1, -0.05) is 35.9 Å². The van der Waals surface area contributed by atoms with E-state index in [1.165, 1.54) is 0 Å². The number of pyridine rings is 1. The van der Waals surface area contributed by atoms with E-state index in [0.29, 0.717) is 18.1 Å². The van der Waals surface area contributed by atoms with Gasteiger partial charge in [-0.15, -0.1) is 0 Å². The summed E-state index contributed by atoms with van der Waals surface area (Å²) >= 11 is 6.05. The second kappa shape index (κ2) is 10.4. The molecule has 3 aromatic rings. The summed E-state index contributed by atoms with van der Waals surface area (Å²) < 4.78 is 11.6. The van der Waals surface area contributed by atoms with E-state index in [1.807, 2.05) is 54.7 Å². The second-order valence-electron chi connectivity index (χ2n) is 9.29. The van der Waals surface area contributed by atoms with Crippen LogP contribution in [0.4, 0.5) is 0 Å². The smallest absolute Gasteiger partial charge is 0.131 e. The Hall–Kier alpha value is -2.86. The summed E-state index contributed by atoms with van der Waals surface area (Å²) in [5.41, 5.74) is 4.37. The molecule has 0 radical (unpaired) electrons. The minimum Gasteiger partial charge on any atom is -0.497 e. The van der Waals surface area contributed by atoms with Crippen molar-refractivity contribution in [3.05, 3.63) is 94.3 Å². The van der Waals surface area contributed by atoms with Gasteiger partial charge in [-0.25, -0.2) is 0 Å². The zero-order valence-electron chi connectivity index (χ0n) is 20.0. The standard InChI is InChI=1S/C29H31ClN2O3/c1-34-23-11-12-28-26(19-23)24(25-5-2-15-31-27(25)20-35-28)6-3-16-32-17-4-13-29(33,14-18-32)21-7-9-22(30)10-8-21/h2,5-12,15,19,33H,3-4,13-14,16-18,20H2,1H3/b24-6+. The number of methoxy groups -OCH3 is 1. The van der Waals surface area contributed by atoms with Crippen LogP contribution in [0.15, 0.2) is 66.9 Å². The van der Waals surface area contributed by atoms with Crippen LogP contribution in [0.1, 0.15) is 48.1 Å². The highest BCUT2D eigenvalue weighted by atomic mass is 35.5.